The molecular formula is C17H23N7O2. The van der Waals surface area contributed by atoms with Gasteiger partial charge in [-0.3, -0.25) is 4.79 Å². The van der Waals surface area contributed by atoms with Crippen molar-refractivity contribution in [1.82, 2.24) is 15.0 Å². The highest BCUT2D eigenvalue weighted by molar-refractivity contribution is 5.97. The number of nitrogens with zero attached hydrogens (tertiary/aromatic N) is 3. The first-order valence-corrected chi connectivity index (χ1v) is 8.51. The smallest absolute Gasteiger partial charge is 0.254 e. The second kappa shape index (κ2) is 7.96. The predicted octanol–water partition coefficient (Wildman–Crippen LogP) is 1.40. The Balaban J connectivity index is 1.77. The number of nitrogens with one attached hydrogen (secondary N) is 2. The molecule has 0 spiro atoms. The van der Waals surface area contributed by atoms with Gasteiger partial charge in [-0.25, -0.2) is 9.97 Å². The molecule has 2 aromatic heterocycles. The molecule has 1 saturated carbocycles. The van der Waals surface area contributed by atoms with E-state index in [4.69, 9.17) is 16.2 Å². The molecule has 0 radical (unpaired) electrons. The first kappa shape index (κ1) is 17.9. The van der Waals surface area contributed by atoms with Crippen molar-refractivity contribution < 1.29 is 9.53 Å². The highest BCUT2D eigenvalue weighted by atomic mass is 16.5. The third kappa shape index (κ3) is 4.37. The Morgan fingerprint density at radius 2 is 1.96 bits per heavy atom. The van der Waals surface area contributed by atoms with Crippen LogP contribution in [0, 0.1) is 0 Å². The van der Waals surface area contributed by atoms with E-state index in [-0.39, 0.29) is 17.6 Å². The van der Waals surface area contributed by atoms with E-state index in [1.807, 2.05) is 0 Å². The molecular weight excluding hydrogens is 334 g/mol. The summed E-state index contributed by atoms with van der Waals surface area (Å²) >= 11 is 0. The van der Waals surface area contributed by atoms with Gasteiger partial charge in [0.15, 0.2) is 0 Å². The Kier molecular flexibility index (Phi) is 5.47. The Morgan fingerprint density at radius 1 is 1.19 bits per heavy atom. The molecule has 9 nitrogen and oxygen atoms in total. The number of hydrogen-bond acceptors (Lipinski definition) is 8. The van der Waals surface area contributed by atoms with E-state index >= 15 is 0 Å². The van der Waals surface area contributed by atoms with Gasteiger partial charge in [-0.05, 0) is 31.7 Å². The predicted molar refractivity (Wildman–Crippen MR) is 98.5 cm³/mol. The average molecular weight is 357 g/mol. The number of carbonyl (C=O) groups is 1. The van der Waals surface area contributed by atoms with Crippen LogP contribution in [0.3, 0.4) is 0 Å². The lowest BCUT2D eigenvalue weighted by molar-refractivity contribution is 0.100. The number of pyridine rings is 1. The monoisotopic (exact) mass is 357 g/mol. The molecule has 0 saturated heterocycles. The quantitative estimate of drug-likeness (QED) is 0.608. The van der Waals surface area contributed by atoms with Crippen molar-refractivity contribution in [3.8, 4) is 5.88 Å². The van der Waals surface area contributed by atoms with E-state index in [9.17, 15) is 4.79 Å². The van der Waals surface area contributed by atoms with Gasteiger partial charge >= 0.3 is 0 Å². The van der Waals surface area contributed by atoms with Gasteiger partial charge in [-0.15, -0.1) is 0 Å². The van der Waals surface area contributed by atoms with Crippen molar-refractivity contribution >= 4 is 23.4 Å². The summed E-state index contributed by atoms with van der Waals surface area (Å²) in [6.07, 6.45) is 6.77. The number of carbonyl (C=O) groups excluding carboxylic acids is 1. The Bertz CT molecular complexity index is 758. The van der Waals surface area contributed by atoms with Crippen LogP contribution in [0.4, 0.5) is 17.5 Å². The van der Waals surface area contributed by atoms with E-state index in [1.165, 1.54) is 6.20 Å². The van der Waals surface area contributed by atoms with Gasteiger partial charge in [0, 0.05) is 24.3 Å². The Morgan fingerprint density at radius 3 is 2.58 bits per heavy atom. The molecule has 1 aliphatic rings. The topological polar surface area (TPSA) is 141 Å². The summed E-state index contributed by atoms with van der Waals surface area (Å²) in [4.78, 5) is 24.4. The lowest BCUT2D eigenvalue weighted by Crippen LogP contribution is -2.33. The van der Waals surface area contributed by atoms with Crippen LogP contribution in [0.5, 0.6) is 5.88 Å². The van der Waals surface area contributed by atoms with Crippen LogP contribution < -0.4 is 26.8 Å². The van der Waals surface area contributed by atoms with Crippen LogP contribution in [-0.4, -0.2) is 40.1 Å². The molecule has 6 N–H and O–H groups in total. The molecule has 0 bridgehead atoms. The minimum Gasteiger partial charge on any atom is -0.481 e. The molecule has 3 rings (SSSR count). The molecule has 0 aromatic carbocycles. The fourth-order valence-electron chi connectivity index (χ4n) is 2.89. The lowest BCUT2D eigenvalue weighted by atomic mass is 9.92. The van der Waals surface area contributed by atoms with Crippen LogP contribution in [0.1, 0.15) is 36.0 Å². The van der Waals surface area contributed by atoms with Gasteiger partial charge < -0.3 is 26.8 Å². The van der Waals surface area contributed by atoms with E-state index in [2.05, 4.69) is 25.6 Å². The molecule has 0 unspecified atom stereocenters. The second-order valence-electron chi connectivity index (χ2n) is 6.29. The molecule has 138 valence electrons. The van der Waals surface area contributed by atoms with E-state index in [1.54, 1.807) is 25.4 Å². The number of aromatic nitrogens is 3. The number of ether oxygens (including phenoxy) is 1. The molecule has 0 atom stereocenters. The minimum atomic E-state index is -0.572. The molecule has 26 heavy (non-hydrogen) atoms. The fourth-order valence-corrected chi connectivity index (χ4v) is 2.89. The van der Waals surface area contributed by atoms with Crippen molar-refractivity contribution in [1.29, 1.82) is 0 Å². The largest absolute Gasteiger partial charge is 0.481 e. The second-order valence-corrected chi connectivity index (χ2v) is 6.29. The van der Waals surface area contributed by atoms with Crippen molar-refractivity contribution in [2.75, 3.05) is 17.7 Å². The number of amides is 1. The van der Waals surface area contributed by atoms with Gasteiger partial charge in [0.25, 0.3) is 5.91 Å². The zero-order chi connectivity index (χ0) is 18.5. The molecule has 1 aliphatic carbocycles. The van der Waals surface area contributed by atoms with Crippen molar-refractivity contribution in [3.63, 3.8) is 0 Å². The van der Waals surface area contributed by atoms with Gasteiger partial charge in [0.05, 0.1) is 24.6 Å². The SMILES string of the molecule is COc1ccc(Nc2ncc(C(N)=O)c(N[C@H]3CC[C@H](N)CC3)n2)cn1. The molecule has 2 aromatic rings. The molecule has 2 heterocycles. The van der Waals surface area contributed by atoms with Crippen LogP contribution >= 0.6 is 0 Å². The van der Waals surface area contributed by atoms with Crippen LogP contribution in [0.25, 0.3) is 0 Å². The third-order valence-corrected chi connectivity index (χ3v) is 4.37. The summed E-state index contributed by atoms with van der Waals surface area (Å²) in [7, 11) is 1.55. The van der Waals surface area contributed by atoms with Crippen LogP contribution in [-0.2, 0) is 0 Å². The molecule has 0 aliphatic heterocycles. The minimum absolute atomic E-state index is 0.207. The first-order valence-electron chi connectivity index (χ1n) is 8.51. The van der Waals surface area contributed by atoms with Crippen molar-refractivity contribution in [2.24, 2.45) is 11.5 Å². The maximum Gasteiger partial charge on any atom is 0.254 e. The Hall–Kier alpha value is -2.94. The zero-order valence-corrected chi connectivity index (χ0v) is 14.6. The number of nitrogens with two attached hydrogens (primary N) is 2. The summed E-state index contributed by atoms with van der Waals surface area (Å²) in [5.74, 6) is 0.713. The van der Waals surface area contributed by atoms with Crippen molar-refractivity contribution in [2.45, 2.75) is 37.8 Å². The molecule has 9 heteroatoms. The summed E-state index contributed by atoms with van der Waals surface area (Å²) in [6.45, 7) is 0. The average Bonchev–Trinajstić information content (AvgIpc) is 2.64. The first-order chi connectivity index (χ1) is 12.5. The highest BCUT2D eigenvalue weighted by Crippen LogP contribution is 2.23. The maximum atomic E-state index is 11.7. The standard InChI is InChI=1S/C17H23N7O2/c1-26-14-7-6-12(8-20-14)23-17-21-9-13(15(19)25)16(24-17)22-11-4-2-10(18)3-5-11/h6-11H,2-5,18H2,1H3,(H2,19,25)(H2,21,22,23,24)/t10-,11-. The van der Waals surface area contributed by atoms with Gasteiger partial charge in [-0.2, -0.15) is 4.98 Å². The summed E-state index contributed by atoms with van der Waals surface area (Å²) in [5, 5.41) is 6.37. The van der Waals surface area contributed by atoms with Crippen molar-refractivity contribution in [3.05, 3.63) is 30.1 Å². The van der Waals surface area contributed by atoms with Gasteiger partial charge in [-0.1, -0.05) is 0 Å². The van der Waals surface area contributed by atoms with E-state index < -0.39 is 5.91 Å². The highest BCUT2D eigenvalue weighted by Gasteiger charge is 2.21. The van der Waals surface area contributed by atoms with E-state index in [0.717, 1.165) is 25.7 Å². The Labute approximate surface area is 151 Å². The zero-order valence-electron chi connectivity index (χ0n) is 14.6. The third-order valence-electron chi connectivity index (χ3n) is 4.37. The number of anilines is 3. The van der Waals surface area contributed by atoms with E-state index in [0.29, 0.717) is 23.3 Å². The fraction of sp³-hybridized carbons (Fsp3) is 0.412. The summed E-state index contributed by atoms with van der Waals surface area (Å²) in [6, 6.07) is 3.98. The summed E-state index contributed by atoms with van der Waals surface area (Å²) < 4.78 is 5.03. The van der Waals surface area contributed by atoms with Gasteiger partial charge in [0.1, 0.15) is 5.82 Å². The van der Waals surface area contributed by atoms with Gasteiger partial charge in [0.2, 0.25) is 11.8 Å². The molecule has 1 fully saturated rings. The number of methoxy groups -OCH3 is 1. The molecule has 1 amide bonds. The summed E-state index contributed by atoms with van der Waals surface area (Å²) in [5.41, 5.74) is 12.4. The lowest BCUT2D eigenvalue weighted by Gasteiger charge is -2.27. The normalized spacial score (nSPS) is 19.6. The number of hydrogen-bond donors (Lipinski definition) is 4. The van der Waals surface area contributed by atoms with Crippen LogP contribution in [0.15, 0.2) is 24.5 Å². The number of rotatable bonds is 6. The van der Waals surface area contributed by atoms with Crippen LogP contribution in [0.2, 0.25) is 0 Å². The maximum absolute atomic E-state index is 11.7. The number of primary amides is 1.